The van der Waals surface area contributed by atoms with Crippen LogP contribution in [0, 0.1) is 0 Å². The van der Waals surface area contributed by atoms with Crippen molar-refractivity contribution in [2.24, 2.45) is 0 Å². The number of hydrogen-bond acceptors (Lipinski definition) is 3. The van der Waals surface area contributed by atoms with E-state index in [-0.39, 0.29) is 11.3 Å². The zero-order valence-corrected chi connectivity index (χ0v) is 16.9. The van der Waals surface area contributed by atoms with E-state index in [2.05, 4.69) is 19.2 Å². The summed E-state index contributed by atoms with van der Waals surface area (Å²) in [6.45, 7) is 5.93. The molecule has 0 atom stereocenters. The van der Waals surface area contributed by atoms with Crippen molar-refractivity contribution < 1.29 is 14.3 Å². The number of benzene rings is 2. The molecule has 0 bridgehead atoms. The molecule has 0 saturated heterocycles. The molecule has 1 N–H and O–H groups in total. The van der Waals surface area contributed by atoms with Crippen LogP contribution in [-0.2, 0) is 16.6 Å². The molecule has 5 nitrogen and oxygen atoms in total. The Morgan fingerprint density at radius 1 is 1.00 bits per heavy atom. The number of carbonyl (C=O) groups excluding carboxylic acids is 1. The molecule has 2 aromatic carbocycles. The molecular formula is C24H26N2O3. The Kier molecular flexibility index (Phi) is 5.30. The van der Waals surface area contributed by atoms with Crippen LogP contribution >= 0.6 is 0 Å². The largest absolute Gasteiger partial charge is 0.486 e. The average Bonchev–Trinajstić information content (AvgIpc) is 3.27. The van der Waals surface area contributed by atoms with E-state index in [0.29, 0.717) is 26.2 Å². The summed E-state index contributed by atoms with van der Waals surface area (Å²) in [6, 6.07) is 18.0. The van der Waals surface area contributed by atoms with Crippen LogP contribution < -0.4 is 14.8 Å². The minimum absolute atomic E-state index is 0.0179. The predicted molar refractivity (Wildman–Crippen MR) is 113 cm³/mol. The van der Waals surface area contributed by atoms with Crippen molar-refractivity contribution in [1.82, 2.24) is 9.88 Å². The lowest BCUT2D eigenvalue weighted by Gasteiger charge is -2.28. The van der Waals surface area contributed by atoms with Crippen LogP contribution in [-0.4, -0.2) is 30.2 Å². The second-order valence-corrected chi connectivity index (χ2v) is 7.95. The Labute approximate surface area is 171 Å². The fourth-order valence-electron chi connectivity index (χ4n) is 3.43. The van der Waals surface area contributed by atoms with Gasteiger partial charge in [-0.15, -0.1) is 0 Å². The molecule has 0 unspecified atom stereocenters. The number of rotatable bonds is 6. The predicted octanol–water partition coefficient (Wildman–Crippen LogP) is 3.89. The topological polar surface area (TPSA) is 52.5 Å². The van der Waals surface area contributed by atoms with Gasteiger partial charge in [-0.3, -0.25) is 4.79 Å². The molecule has 3 aromatic rings. The Hall–Kier alpha value is -3.21. The van der Waals surface area contributed by atoms with Crippen LogP contribution in [0.4, 0.5) is 0 Å². The third-order valence-corrected chi connectivity index (χ3v) is 5.25. The Bertz CT molecular complexity index is 976. The van der Waals surface area contributed by atoms with Crippen LogP contribution in [0.3, 0.4) is 0 Å². The maximum absolute atomic E-state index is 12.5. The zero-order chi connectivity index (χ0) is 20.3. The summed E-state index contributed by atoms with van der Waals surface area (Å²) in [7, 11) is 0. The van der Waals surface area contributed by atoms with Gasteiger partial charge < -0.3 is 19.4 Å². The molecular weight excluding hydrogens is 364 g/mol. The molecule has 2 heterocycles. The summed E-state index contributed by atoms with van der Waals surface area (Å²) in [5.74, 6) is 1.57. The quantitative estimate of drug-likeness (QED) is 0.695. The van der Waals surface area contributed by atoms with Gasteiger partial charge in [0.05, 0.1) is 6.42 Å². The van der Waals surface area contributed by atoms with Crippen molar-refractivity contribution in [3.63, 3.8) is 0 Å². The first-order valence-electron chi connectivity index (χ1n) is 9.90. The summed E-state index contributed by atoms with van der Waals surface area (Å²) in [4.78, 5) is 12.5. The molecule has 0 radical (unpaired) electrons. The van der Waals surface area contributed by atoms with Crippen LogP contribution in [0.25, 0.3) is 5.69 Å². The minimum atomic E-state index is -0.218. The zero-order valence-electron chi connectivity index (χ0n) is 16.9. The summed E-state index contributed by atoms with van der Waals surface area (Å²) in [5.41, 5.74) is 2.97. The standard InChI is InChI=1S/C24H26N2O3/c1-24(2,19-7-10-21-22(16-19)29-14-13-28-21)17-25-23(27)15-18-5-8-20(9-6-18)26-11-3-4-12-26/h3-12,16H,13-15,17H2,1-2H3,(H,25,27). The number of ether oxygens (including phenoxy) is 2. The van der Waals surface area contributed by atoms with Gasteiger partial charge in [0.2, 0.25) is 5.91 Å². The monoisotopic (exact) mass is 390 g/mol. The number of hydrogen-bond donors (Lipinski definition) is 1. The second-order valence-electron chi connectivity index (χ2n) is 7.95. The lowest BCUT2D eigenvalue weighted by Crippen LogP contribution is -2.37. The van der Waals surface area contributed by atoms with E-state index in [9.17, 15) is 4.79 Å². The molecule has 1 aliphatic rings. The normalized spacial score (nSPS) is 13.2. The average molecular weight is 390 g/mol. The number of amides is 1. The van der Waals surface area contributed by atoms with Crippen molar-refractivity contribution in [1.29, 1.82) is 0 Å². The first-order valence-corrected chi connectivity index (χ1v) is 9.90. The van der Waals surface area contributed by atoms with Crippen LogP contribution in [0.1, 0.15) is 25.0 Å². The van der Waals surface area contributed by atoms with Gasteiger partial charge in [-0.25, -0.2) is 0 Å². The van der Waals surface area contributed by atoms with E-state index in [0.717, 1.165) is 28.3 Å². The lowest BCUT2D eigenvalue weighted by atomic mass is 9.84. The van der Waals surface area contributed by atoms with E-state index in [1.807, 2.05) is 71.6 Å². The molecule has 0 spiro atoms. The highest BCUT2D eigenvalue weighted by Gasteiger charge is 2.24. The highest BCUT2D eigenvalue weighted by molar-refractivity contribution is 5.78. The van der Waals surface area contributed by atoms with Crippen molar-refractivity contribution in [3.05, 3.63) is 78.1 Å². The highest BCUT2D eigenvalue weighted by atomic mass is 16.6. The second kappa shape index (κ2) is 8.03. The molecule has 150 valence electrons. The van der Waals surface area contributed by atoms with E-state index >= 15 is 0 Å². The van der Waals surface area contributed by atoms with Gasteiger partial charge in [0.1, 0.15) is 13.2 Å². The van der Waals surface area contributed by atoms with Crippen LogP contribution in [0.5, 0.6) is 11.5 Å². The van der Waals surface area contributed by atoms with Gasteiger partial charge >= 0.3 is 0 Å². The Morgan fingerprint density at radius 3 is 2.41 bits per heavy atom. The van der Waals surface area contributed by atoms with E-state index < -0.39 is 0 Å². The number of nitrogens with one attached hydrogen (secondary N) is 1. The van der Waals surface area contributed by atoms with E-state index in [1.165, 1.54) is 0 Å². The third kappa shape index (κ3) is 4.45. The number of carbonyl (C=O) groups is 1. The smallest absolute Gasteiger partial charge is 0.224 e. The van der Waals surface area contributed by atoms with Crippen LogP contribution in [0.15, 0.2) is 67.0 Å². The van der Waals surface area contributed by atoms with E-state index in [4.69, 9.17) is 9.47 Å². The summed E-state index contributed by atoms with van der Waals surface area (Å²) >= 11 is 0. The molecule has 0 saturated carbocycles. The van der Waals surface area contributed by atoms with Gasteiger partial charge in [0.25, 0.3) is 0 Å². The molecule has 0 aliphatic carbocycles. The maximum Gasteiger partial charge on any atom is 0.224 e. The van der Waals surface area contributed by atoms with Crippen molar-refractivity contribution in [2.45, 2.75) is 25.7 Å². The van der Waals surface area contributed by atoms with Gasteiger partial charge in [-0.1, -0.05) is 32.0 Å². The molecule has 1 aliphatic heterocycles. The molecule has 5 heteroatoms. The summed E-state index contributed by atoms with van der Waals surface area (Å²) in [5, 5.41) is 3.08. The molecule has 4 rings (SSSR count). The molecule has 1 aromatic heterocycles. The SMILES string of the molecule is CC(C)(CNC(=O)Cc1ccc(-n2cccc2)cc1)c1ccc2c(c1)OCCO2. The van der Waals surface area contributed by atoms with Gasteiger partial charge in [-0.2, -0.15) is 0 Å². The van der Waals surface area contributed by atoms with E-state index in [1.54, 1.807) is 0 Å². The summed E-state index contributed by atoms with van der Waals surface area (Å²) < 4.78 is 13.3. The van der Waals surface area contributed by atoms with Gasteiger partial charge in [0.15, 0.2) is 11.5 Å². The number of aromatic nitrogens is 1. The number of nitrogens with zero attached hydrogens (tertiary/aromatic N) is 1. The van der Waals surface area contributed by atoms with Crippen molar-refractivity contribution in [3.8, 4) is 17.2 Å². The molecule has 29 heavy (non-hydrogen) atoms. The van der Waals surface area contributed by atoms with Gasteiger partial charge in [-0.05, 0) is 47.5 Å². The first-order chi connectivity index (χ1) is 14.0. The molecule has 0 fully saturated rings. The fraction of sp³-hybridized carbons (Fsp3) is 0.292. The van der Waals surface area contributed by atoms with Crippen molar-refractivity contribution >= 4 is 5.91 Å². The maximum atomic E-state index is 12.5. The Balaban J connectivity index is 1.35. The third-order valence-electron chi connectivity index (χ3n) is 5.25. The Morgan fingerprint density at radius 2 is 1.69 bits per heavy atom. The molecule has 1 amide bonds. The van der Waals surface area contributed by atoms with Crippen LogP contribution in [0.2, 0.25) is 0 Å². The highest BCUT2D eigenvalue weighted by Crippen LogP contribution is 2.34. The first kappa shape index (κ1) is 19.1. The fourth-order valence-corrected chi connectivity index (χ4v) is 3.43. The lowest BCUT2D eigenvalue weighted by molar-refractivity contribution is -0.120. The number of fused-ring (bicyclic) bond motifs is 1. The minimum Gasteiger partial charge on any atom is -0.486 e. The summed E-state index contributed by atoms with van der Waals surface area (Å²) in [6.07, 6.45) is 4.37. The van der Waals surface area contributed by atoms with Crippen molar-refractivity contribution in [2.75, 3.05) is 19.8 Å². The van der Waals surface area contributed by atoms with Gasteiger partial charge in [0, 0.05) is 30.0 Å².